The third-order valence-electron chi connectivity index (χ3n) is 6.02. The van der Waals surface area contributed by atoms with Crippen LogP contribution in [0.2, 0.25) is 10.0 Å². The summed E-state index contributed by atoms with van der Waals surface area (Å²) in [7, 11) is 0. The minimum atomic E-state index is -6.20. The van der Waals surface area contributed by atoms with Gasteiger partial charge in [-0.15, -0.1) is 11.3 Å². The second-order valence-electron chi connectivity index (χ2n) is 8.58. The average molecular weight is 608 g/mol. The number of carbonyl (C=O) groups excluding carboxylic acids is 2. The number of amides is 2. The molecule has 16 heteroatoms. The van der Waals surface area contributed by atoms with Crippen LogP contribution in [0.15, 0.2) is 12.1 Å². The number of hydrogen-bond acceptors (Lipinski definition) is 6. The van der Waals surface area contributed by atoms with Crippen LogP contribution in [0.3, 0.4) is 0 Å². The van der Waals surface area contributed by atoms with Crippen LogP contribution in [-0.2, 0) is 5.60 Å². The van der Waals surface area contributed by atoms with Gasteiger partial charge in [0.25, 0.3) is 17.4 Å². The number of nitrogens with zero attached hydrogens (tertiary/aromatic N) is 2. The highest BCUT2D eigenvalue weighted by molar-refractivity contribution is 7.17. The molecule has 7 nitrogen and oxygen atoms in total. The standard InChI is InChI=1S/C22H21Cl2F6N3O4S/c1-3-33(4-2)18(35)14-15(38-17(32-14)16(34)31-9-19(36)7-8-19)10-5-6-11(13(24)12(10)23)20(37,21(25,26)27)22(28,29)30/h5-6,36-37H,3-4,7-9H2,1-2H3,(H,31,34). The Morgan fingerprint density at radius 2 is 1.63 bits per heavy atom. The molecule has 0 unspecified atom stereocenters. The Balaban J connectivity index is 2.16. The van der Waals surface area contributed by atoms with E-state index >= 15 is 0 Å². The van der Waals surface area contributed by atoms with E-state index < -0.39 is 51.0 Å². The maximum absolute atomic E-state index is 13.4. The molecule has 0 atom stereocenters. The van der Waals surface area contributed by atoms with Crippen molar-refractivity contribution in [2.75, 3.05) is 19.6 Å². The maximum Gasteiger partial charge on any atom is 0.430 e. The first-order chi connectivity index (χ1) is 17.4. The Bertz CT molecular complexity index is 1230. The van der Waals surface area contributed by atoms with E-state index in [0.29, 0.717) is 30.2 Å². The molecular weight excluding hydrogens is 587 g/mol. The largest absolute Gasteiger partial charge is 0.430 e. The van der Waals surface area contributed by atoms with Gasteiger partial charge in [0, 0.05) is 30.8 Å². The van der Waals surface area contributed by atoms with E-state index in [1.165, 1.54) is 4.90 Å². The molecule has 1 aromatic heterocycles. The maximum atomic E-state index is 13.4. The van der Waals surface area contributed by atoms with E-state index in [1.807, 2.05) is 0 Å². The summed E-state index contributed by atoms with van der Waals surface area (Å²) in [5.74, 6) is -1.45. The molecule has 1 aliphatic carbocycles. The highest BCUT2D eigenvalue weighted by Crippen LogP contribution is 2.54. The number of thiazole rings is 1. The van der Waals surface area contributed by atoms with Crippen molar-refractivity contribution in [3.63, 3.8) is 0 Å². The third kappa shape index (κ3) is 5.46. The quantitative estimate of drug-likeness (QED) is 0.360. The third-order valence-corrected chi connectivity index (χ3v) is 7.99. The van der Waals surface area contributed by atoms with Crippen molar-refractivity contribution in [1.82, 2.24) is 15.2 Å². The molecule has 1 aromatic carbocycles. The lowest BCUT2D eigenvalue weighted by atomic mass is 9.91. The molecule has 1 heterocycles. The molecule has 3 rings (SSSR count). The number of alkyl halides is 6. The summed E-state index contributed by atoms with van der Waals surface area (Å²) in [6, 6.07) is 1.03. The number of rotatable bonds is 8. The summed E-state index contributed by atoms with van der Waals surface area (Å²) in [5, 5.41) is 19.9. The summed E-state index contributed by atoms with van der Waals surface area (Å²) in [6.07, 6.45) is -11.5. The highest BCUT2D eigenvalue weighted by Gasteiger charge is 2.72. The molecule has 3 N–H and O–H groups in total. The Morgan fingerprint density at radius 3 is 2.11 bits per heavy atom. The van der Waals surface area contributed by atoms with E-state index in [-0.39, 0.29) is 40.8 Å². The van der Waals surface area contributed by atoms with Crippen LogP contribution in [-0.4, -0.2) is 69.5 Å². The summed E-state index contributed by atoms with van der Waals surface area (Å²) in [4.78, 5) is 31.0. The number of benzene rings is 1. The molecule has 1 aliphatic rings. The van der Waals surface area contributed by atoms with Gasteiger partial charge in [-0.3, -0.25) is 9.59 Å². The lowest BCUT2D eigenvalue weighted by molar-refractivity contribution is -0.376. The van der Waals surface area contributed by atoms with E-state index in [9.17, 15) is 46.1 Å². The van der Waals surface area contributed by atoms with Gasteiger partial charge in [0.1, 0.15) is 5.69 Å². The monoisotopic (exact) mass is 607 g/mol. The first kappa shape index (κ1) is 30.4. The fourth-order valence-electron chi connectivity index (χ4n) is 3.52. The van der Waals surface area contributed by atoms with E-state index in [4.69, 9.17) is 23.2 Å². The van der Waals surface area contributed by atoms with Gasteiger partial charge in [0.05, 0.1) is 20.5 Å². The zero-order chi connectivity index (χ0) is 28.8. The topological polar surface area (TPSA) is 103 Å². The number of halogens is 8. The number of aromatic nitrogens is 1. The van der Waals surface area contributed by atoms with Crippen LogP contribution in [0.1, 0.15) is 52.5 Å². The highest BCUT2D eigenvalue weighted by atomic mass is 35.5. The fraction of sp³-hybridized carbons (Fsp3) is 0.500. The van der Waals surface area contributed by atoms with Gasteiger partial charge in [0.2, 0.25) is 0 Å². The van der Waals surface area contributed by atoms with Crippen molar-refractivity contribution in [3.8, 4) is 10.4 Å². The number of aliphatic hydroxyl groups is 2. The van der Waals surface area contributed by atoms with Crippen LogP contribution < -0.4 is 5.32 Å². The number of nitrogens with one attached hydrogen (secondary N) is 1. The molecular formula is C22H21Cl2F6N3O4S. The van der Waals surface area contributed by atoms with Crippen LogP contribution in [0.4, 0.5) is 26.3 Å². The molecule has 2 aromatic rings. The summed E-state index contributed by atoms with van der Waals surface area (Å²) in [5.41, 5.74) is -8.75. The Kier molecular flexibility index (Phi) is 8.36. The first-order valence-corrected chi connectivity index (χ1v) is 12.6. The zero-order valence-corrected chi connectivity index (χ0v) is 22.1. The minimum absolute atomic E-state index is 0.0885. The van der Waals surface area contributed by atoms with E-state index in [2.05, 4.69) is 10.3 Å². The molecule has 210 valence electrons. The molecule has 1 saturated carbocycles. The van der Waals surface area contributed by atoms with Crippen molar-refractivity contribution >= 4 is 46.4 Å². The van der Waals surface area contributed by atoms with Crippen LogP contribution in [0.25, 0.3) is 10.4 Å². The van der Waals surface area contributed by atoms with E-state index in [0.717, 1.165) is 6.07 Å². The molecule has 0 saturated heterocycles. The molecule has 0 aliphatic heterocycles. The van der Waals surface area contributed by atoms with Crippen molar-refractivity contribution in [2.45, 2.75) is 50.2 Å². The van der Waals surface area contributed by atoms with Crippen molar-refractivity contribution in [2.24, 2.45) is 0 Å². The van der Waals surface area contributed by atoms with Crippen LogP contribution in [0.5, 0.6) is 0 Å². The smallest absolute Gasteiger partial charge is 0.388 e. The van der Waals surface area contributed by atoms with Crippen molar-refractivity contribution in [3.05, 3.63) is 38.4 Å². The van der Waals surface area contributed by atoms with E-state index in [1.54, 1.807) is 13.8 Å². The SMILES string of the molecule is CCN(CC)C(=O)c1nc(C(=O)NCC2(O)CC2)sc1-c1ccc(C(O)(C(F)(F)F)C(F)(F)F)c(Cl)c1Cl. The summed E-state index contributed by atoms with van der Waals surface area (Å²) < 4.78 is 80.5. The van der Waals surface area contributed by atoms with Gasteiger partial charge in [-0.1, -0.05) is 35.3 Å². The van der Waals surface area contributed by atoms with Gasteiger partial charge in [-0.2, -0.15) is 26.3 Å². The second-order valence-corrected chi connectivity index (χ2v) is 10.3. The molecule has 1 fully saturated rings. The summed E-state index contributed by atoms with van der Waals surface area (Å²) >= 11 is 12.6. The Hall–Kier alpha value is -2.13. The van der Waals surface area contributed by atoms with Crippen LogP contribution in [0, 0.1) is 0 Å². The van der Waals surface area contributed by atoms with Crippen LogP contribution >= 0.6 is 34.5 Å². The van der Waals surface area contributed by atoms with Crippen molar-refractivity contribution < 1.29 is 46.1 Å². The summed E-state index contributed by atoms with van der Waals surface area (Å²) in [6.45, 7) is 3.67. The van der Waals surface area contributed by atoms with Gasteiger partial charge in [0.15, 0.2) is 5.01 Å². The van der Waals surface area contributed by atoms with Gasteiger partial charge in [-0.25, -0.2) is 4.98 Å². The lowest BCUT2D eigenvalue weighted by Crippen LogP contribution is -2.54. The lowest BCUT2D eigenvalue weighted by Gasteiger charge is -2.33. The normalized spacial score (nSPS) is 15.4. The Morgan fingerprint density at radius 1 is 1.08 bits per heavy atom. The molecule has 0 radical (unpaired) electrons. The second kappa shape index (κ2) is 10.5. The van der Waals surface area contributed by atoms with Gasteiger partial charge >= 0.3 is 12.4 Å². The number of hydrogen-bond donors (Lipinski definition) is 3. The minimum Gasteiger partial charge on any atom is -0.388 e. The van der Waals surface area contributed by atoms with Gasteiger partial charge < -0.3 is 20.4 Å². The van der Waals surface area contributed by atoms with Crippen molar-refractivity contribution in [1.29, 1.82) is 0 Å². The average Bonchev–Trinajstić information content (AvgIpc) is 3.39. The Labute approximate surface area is 226 Å². The fourth-order valence-corrected chi connectivity index (χ4v) is 5.14. The zero-order valence-electron chi connectivity index (χ0n) is 19.7. The molecule has 0 spiro atoms. The number of carbonyl (C=O) groups is 2. The molecule has 0 bridgehead atoms. The van der Waals surface area contributed by atoms with Gasteiger partial charge in [-0.05, 0) is 26.7 Å². The molecule has 38 heavy (non-hydrogen) atoms. The first-order valence-electron chi connectivity index (χ1n) is 11.1. The molecule has 2 amide bonds. The predicted molar refractivity (Wildman–Crippen MR) is 127 cm³/mol. The predicted octanol–water partition coefficient (Wildman–Crippen LogP) is 5.17.